The number of nitrogens with zero attached hydrogens (tertiary/aromatic N) is 2. The molecule has 21 heavy (non-hydrogen) atoms. The van der Waals surface area contributed by atoms with Crippen LogP contribution in [0.3, 0.4) is 0 Å². The van der Waals surface area contributed by atoms with E-state index in [1.807, 2.05) is 0 Å². The lowest BCUT2D eigenvalue weighted by atomic mass is 10.2. The minimum absolute atomic E-state index is 0.145. The third kappa shape index (κ3) is 4.51. The summed E-state index contributed by atoms with van der Waals surface area (Å²) in [5, 5.41) is 5.77. The Morgan fingerprint density at radius 1 is 1.14 bits per heavy atom. The van der Waals surface area contributed by atoms with E-state index in [-0.39, 0.29) is 12.3 Å². The number of aromatic nitrogens is 2. The fraction of sp³-hybridized carbons (Fsp3) is 0.231. The lowest BCUT2D eigenvalue weighted by Gasteiger charge is -2.14. The van der Waals surface area contributed by atoms with E-state index < -0.39 is 6.36 Å². The molecule has 2 aromatic rings. The van der Waals surface area contributed by atoms with Crippen LogP contribution in [0.4, 0.5) is 24.8 Å². The first-order valence-corrected chi connectivity index (χ1v) is 6.05. The summed E-state index contributed by atoms with van der Waals surface area (Å²) in [5.74, 6) is 0.865. The van der Waals surface area contributed by atoms with Crippen LogP contribution >= 0.6 is 0 Å². The molecule has 0 aliphatic rings. The van der Waals surface area contributed by atoms with Crippen molar-refractivity contribution in [1.29, 1.82) is 0 Å². The number of rotatable bonds is 5. The molecule has 0 atom stereocenters. The maximum absolute atomic E-state index is 12.3. The Morgan fingerprint density at radius 3 is 2.57 bits per heavy atom. The standard InChI is InChI=1S/C13H13F3N4O/c1-17-11-6-12(20-8-19-11)18-7-9-4-2-3-5-10(9)21-13(14,15)16/h2-6,8H,7H2,1H3,(H2,17,18,19,20). The minimum atomic E-state index is -4.72. The highest BCUT2D eigenvalue weighted by Gasteiger charge is 2.31. The molecule has 8 heteroatoms. The molecule has 0 aliphatic heterocycles. The molecule has 1 aromatic carbocycles. The first kappa shape index (κ1) is 14.9. The van der Waals surface area contributed by atoms with Gasteiger partial charge in [-0.05, 0) is 6.07 Å². The molecule has 0 unspecified atom stereocenters. The normalized spacial score (nSPS) is 11.0. The molecule has 1 aromatic heterocycles. The molecule has 2 N–H and O–H groups in total. The van der Waals surface area contributed by atoms with E-state index >= 15 is 0 Å². The lowest BCUT2D eigenvalue weighted by Crippen LogP contribution is -2.18. The maximum atomic E-state index is 12.3. The van der Waals surface area contributed by atoms with Crippen molar-refractivity contribution in [1.82, 2.24) is 9.97 Å². The number of benzene rings is 1. The molecule has 0 radical (unpaired) electrons. The van der Waals surface area contributed by atoms with Crippen molar-refractivity contribution in [3.05, 3.63) is 42.2 Å². The zero-order valence-corrected chi connectivity index (χ0v) is 11.1. The number of nitrogens with one attached hydrogen (secondary N) is 2. The van der Waals surface area contributed by atoms with Crippen molar-refractivity contribution < 1.29 is 17.9 Å². The van der Waals surface area contributed by atoms with Gasteiger partial charge in [0.05, 0.1) is 0 Å². The molecular weight excluding hydrogens is 285 g/mol. The van der Waals surface area contributed by atoms with Crippen molar-refractivity contribution in [2.75, 3.05) is 17.7 Å². The predicted octanol–water partition coefficient (Wildman–Crippen LogP) is 3.03. The SMILES string of the molecule is CNc1cc(NCc2ccccc2OC(F)(F)F)ncn1. The summed E-state index contributed by atoms with van der Waals surface area (Å²) < 4.78 is 40.9. The van der Waals surface area contributed by atoms with Crippen LogP contribution in [0.25, 0.3) is 0 Å². The van der Waals surface area contributed by atoms with E-state index in [1.54, 1.807) is 25.2 Å². The van der Waals surface area contributed by atoms with Crippen LogP contribution in [-0.2, 0) is 6.54 Å². The van der Waals surface area contributed by atoms with Gasteiger partial charge in [-0.1, -0.05) is 18.2 Å². The van der Waals surface area contributed by atoms with Gasteiger partial charge in [0.15, 0.2) is 0 Å². The Kier molecular flexibility index (Phi) is 4.46. The second-order valence-corrected chi connectivity index (χ2v) is 4.05. The van der Waals surface area contributed by atoms with Crippen molar-refractivity contribution in [3.8, 4) is 5.75 Å². The van der Waals surface area contributed by atoms with Crippen LogP contribution in [0.15, 0.2) is 36.7 Å². The summed E-state index contributed by atoms with van der Waals surface area (Å²) in [5.41, 5.74) is 0.374. The van der Waals surface area contributed by atoms with E-state index in [9.17, 15) is 13.2 Å². The molecule has 0 saturated heterocycles. The van der Waals surface area contributed by atoms with E-state index in [0.717, 1.165) is 0 Å². The highest BCUT2D eigenvalue weighted by atomic mass is 19.4. The molecule has 0 amide bonds. The van der Waals surface area contributed by atoms with Crippen molar-refractivity contribution in [2.24, 2.45) is 0 Å². The number of para-hydroxylation sites is 1. The van der Waals surface area contributed by atoms with Gasteiger partial charge in [-0.2, -0.15) is 0 Å². The zero-order chi connectivity index (χ0) is 15.3. The molecule has 0 aliphatic carbocycles. The van der Waals surface area contributed by atoms with Gasteiger partial charge in [-0.25, -0.2) is 9.97 Å². The molecule has 2 rings (SSSR count). The second-order valence-electron chi connectivity index (χ2n) is 4.05. The summed E-state index contributed by atoms with van der Waals surface area (Å²) in [6.45, 7) is 0.145. The van der Waals surface area contributed by atoms with Gasteiger partial charge < -0.3 is 15.4 Å². The predicted molar refractivity (Wildman–Crippen MR) is 72.0 cm³/mol. The van der Waals surface area contributed by atoms with E-state index in [1.165, 1.54) is 18.5 Å². The van der Waals surface area contributed by atoms with Gasteiger partial charge in [0.2, 0.25) is 0 Å². The number of hydrogen-bond donors (Lipinski definition) is 2. The van der Waals surface area contributed by atoms with Crippen LogP contribution in [0.5, 0.6) is 5.75 Å². The Labute approximate surface area is 119 Å². The summed E-state index contributed by atoms with van der Waals surface area (Å²) in [7, 11) is 1.71. The number of anilines is 2. The fourth-order valence-electron chi connectivity index (χ4n) is 1.65. The van der Waals surface area contributed by atoms with Gasteiger partial charge in [-0.3, -0.25) is 0 Å². The Morgan fingerprint density at radius 2 is 1.86 bits per heavy atom. The number of hydrogen-bond acceptors (Lipinski definition) is 5. The molecule has 0 fully saturated rings. The van der Waals surface area contributed by atoms with E-state index in [0.29, 0.717) is 17.2 Å². The Hall–Kier alpha value is -2.51. The quantitative estimate of drug-likeness (QED) is 0.888. The first-order valence-electron chi connectivity index (χ1n) is 6.05. The molecule has 0 spiro atoms. The van der Waals surface area contributed by atoms with Gasteiger partial charge in [0.25, 0.3) is 0 Å². The van der Waals surface area contributed by atoms with Gasteiger partial charge in [-0.15, -0.1) is 13.2 Å². The fourth-order valence-corrected chi connectivity index (χ4v) is 1.65. The van der Waals surface area contributed by atoms with Crippen LogP contribution < -0.4 is 15.4 Å². The smallest absolute Gasteiger partial charge is 0.405 e. The monoisotopic (exact) mass is 298 g/mol. The Bertz CT molecular complexity index is 604. The summed E-state index contributed by atoms with van der Waals surface area (Å²) >= 11 is 0. The molecule has 0 saturated carbocycles. The molecule has 5 nitrogen and oxygen atoms in total. The molecule has 0 bridgehead atoms. The van der Waals surface area contributed by atoms with Crippen molar-refractivity contribution >= 4 is 11.6 Å². The van der Waals surface area contributed by atoms with Crippen molar-refractivity contribution in [3.63, 3.8) is 0 Å². The average Bonchev–Trinajstić information content (AvgIpc) is 2.45. The summed E-state index contributed by atoms with van der Waals surface area (Å²) in [6.07, 6.45) is -3.36. The van der Waals surface area contributed by atoms with Crippen LogP contribution in [0.1, 0.15) is 5.56 Å². The zero-order valence-electron chi connectivity index (χ0n) is 11.1. The van der Waals surface area contributed by atoms with Gasteiger partial charge in [0, 0.05) is 25.2 Å². The topological polar surface area (TPSA) is 59.1 Å². The summed E-state index contributed by atoms with van der Waals surface area (Å²) in [6, 6.07) is 7.58. The first-order chi connectivity index (χ1) is 9.98. The van der Waals surface area contributed by atoms with Gasteiger partial charge in [0.1, 0.15) is 23.7 Å². The highest BCUT2D eigenvalue weighted by molar-refractivity contribution is 5.47. The lowest BCUT2D eigenvalue weighted by molar-refractivity contribution is -0.274. The number of halogens is 3. The van der Waals surface area contributed by atoms with Crippen molar-refractivity contribution in [2.45, 2.75) is 12.9 Å². The Balaban J connectivity index is 2.09. The van der Waals surface area contributed by atoms with Crippen LogP contribution in [0, 0.1) is 0 Å². The largest absolute Gasteiger partial charge is 0.573 e. The third-order valence-corrected chi connectivity index (χ3v) is 2.58. The minimum Gasteiger partial charge on any atom is -0.405 e. The van der Waals surface area contributed by atoms with Crippen LogP contribution in [-0.4, -0.2) is 23.4 Å². The highest BCUT2D eigenvalue weighted by Crippen LogP contribution is 2.26. The molecule has 1 heterocycles. The maximum Gasteiger partial charge on any atom is 0.573 e. The molecular formula is C13H13F3N4O. The number of alkyl halides is 3. The summed E-state index contributed by atoms with van der Waals surface area (Å²) in [4.78, 5) is 7.92. The second kappa shape index (κ2) is 6.29. The van der Waals surface area contributed by atoms with Gasteiger partial charge >= 0.3 is 6.36 Å². The van der Waals surface area contributed by atoms with E-state index in [4.69, 9.17) is 0 Å². The number of ether oxygens (including phenoxy) is 1. The third-order valence-electron chi connectivity index (χ3n) is 2.58. The molecule has 112 valence electrons. The van der Waals surface area contributed by atoms with E-state index in [2.05, 4.69) is 25.3 Å². The van der Waals surface area contributed by atoms with Crippen LogP contribution in [0.2, 0.25) is 0 Å². The average molecular weight is 298 g/mol.